The summed E-state index contributed by atoms with van der Waals surface area (Å²) in [6, 6.07) is 6.65. The summed E-state index contributed by atoms with van der Waals surface area (Å²) >= 11 is 6.29. The molecule has 1 aromatic rings. The molecule has 4 heteroatoms. The molecule has 2 rings (SSSR count). The molecule has 1 saturated heterocycles. The van der Waals surface area contributed by atoms with E-state index in [-0.39, 0.29) is 0 Å². The van der Waals surface area contributed by atoms with Gasteiger partial charge < -0.3 is 15.5 Å². The first-order valence-corrected chi connectivity index (χ1v) is 7.47. The number of halogens is 1. The lowest BCUT2D eigenvalue weighted by Gasteiger charge is -2.34. The van der Waals surface area contributed by atoms with E-state index >= 15 is 0 Å². The van der Waals surface area contributed by atoms with Gasteiger partial charge in [-0.2, -0.15) is 0 Å². The fourth-order valence-corrected chi connectivity index (χ4v) is 3.17. The van der Waals surface area contributed by atoms with Crippen molar-refractivity contribution in [2.75, 3.05) is 31.6 Å². The second kappa shape index (κ2) is 6.60. The maximum absolute atomic E-state index is 6.29. The average Bonchev–Trinajstić information content (AvgIpc) is 2.59. The summed E-state index contributed by atoms with van der Waals surface area (Å²) in [6.07, 6.45) is 2.32. The van der Waals surface area contributed by atoms with Gasteiger partial charge in [-0.25, -0.2) is 0 Å². The van der Waals surface area contributed by atoms with Crippen LogP contribution in [-0.4, -0.2) is 37.6 Å². The third kappa shape index (κ3) is 3.22. The van der Waals surface area contributed by atoms with Crippen molar-refractivity contribution in [2.24, 2.45) is 5.73 Å². The Balaban J connectivity index is 2.35. The van der Waals surface area contributed by atoms with E-state index in [2.05, 4.69) is 29.8 Å². The van der Waals surface area contributed by atoms with Crippen LogP contribution in [-0.2, 0) is 6.54 Å². The van der Waals surface area contributed by atoms with Crippen molar-refractivity contribution in [2.45, 2.75) is 32.4 Å². The van der Waals surface area contributed by atoms with Crippen molar-refractivity contribution in [3.05, 3.63) is 28.8 Å². The Hall–Kier alpha value is -0.770. The molecule has 3 nitrogen and oxygen atoms in total. The Morgan fingerprint density at radius 2 is 2.16 bits per heavy atom. The molecular formula is C15H24ClN3. The fraction of sp³-hybridized carbons (Fsp3) is 0.600. The van der Waals surface area contributed by atoms with Gasteiger partial charge in [-0.15, -0.1) is 0 Å². The van der Waals surface area contributed by atoms with Crippen LogP contribution in [0.25, 0.3) is 0 Å². The van der Waals surface area contributed by atoms with Gasteiger partial charge in [0.05, 0.1) is 0 Å². The standard InChI is InChI=1S/C15H24ClN3/c1-3-12-11-18(2)8-5-9-19(12)15-7-4-6-14(16)13(15)10-17/h4,6-7,12H,3,5,8-11,17H2,1-2H3. The van der Waals surface area contributed by atoms with Gasteiger partial charge in [-0.05, 0) is 38.6 Å². The average molecular weight is 282 g/mol. The van der Waals surface area contributed by atoms with Gasteiger partial charge in [0.25, 0.3) is 0 Å². The number of benzene rings is 1. The van der Waals surface area contributed by atoms with E-state index in [9.17, 15) is 0 Å². The maximum atomic E-state index is 6.29. The Morgan fingerprint density at radius 1 is 1.37 bits per heavy atom. The minimum Gasteiger partial charge on any atom is -0.367 e. The van der Waals surface area contributed by atoms with E-state index in [0.29, 0.717) is 12.6 Å². The topological polar surface area (TPSA) is 32.5 Å². The van der Waals surface area contributed by atoms with Gasteiger partial charge in [0.2, 0.25) is 0 Å². The third-order valence-corrected chi connectivity index (χ3v) is 4.34. The Kier molecular flexibility index (Phi) is 5.08. The second-order valence-electron chi connectivity index (χ2n) is 5.31. The molecule has 0 amide bonds. The van der Waals surface area contributed by atoms with Crippen molar-refractivity contribution in [3.63, 3.8) is 0 Å². The molecule has 1 atom stereocenters. The van der Waals surface area contributed by atoms with Crippen molar-refractivity contribution in [3.8, 4) is 0 Å². The van der Waals surface area contributed by atoms with E-state index in [1.54, 1.807) is 0 Å². The van der Waals surface area contributed by atoms with Crippen LogP contribution in [0.3, 0.4) is 0 Å². The summed E-state index contributed by atoms with van der Waals surface area (Å²) in [5.74, 6) is 0. The number of nitrogens with zero attached hydrogens (tertiary/aromatic N) is 2. The predicted octanol–water partition coefficient (Wildman–Crippen LogP) is 2.72. The number of rotatable bonds is 3. The van der Waals surface area contributed by atoms with Gasteiger partial charge in [-0.3, -0.25) is 0 Å². The van der Waals surface area contributed by atoms with E-state index in [1.807, 2.05) is 12.1 Å². The zero-order chi connectivity index (χ0) is 13.8. The smallest absolute Gasteiger partial charge is 0.0471 e. The lowest BCUT2D eigenvalue weighted by molar-refractivity contribution is 0.328. The van der Waals surface area contributed by atoms with Crippen LogP contribution in [0.1, 0.15) is 25.3 Å². The summed E-state index contributed by atoms with van der Waals surface area (Å²) in [7, 11) is 2.20. The number of hydrogen-bond donors (Lipinski definition) is 1. The lowest BCUT2D eigenvalue weighted by atomic mass is 10.1. The van der Waals surface area contributed by atoms with Crippen LogP contribution in [0.15, 0.2) is 18.2 Å². The molecule has 0 aliphatic carbocycles. The number of likely N-dealkylation sites (N-methyl/N-ethyl adjacent to an activating group) is 1. The summed E-state index contributed by atoms with van der Waals surface area (Å²) in [4.78, 5) is 4.92. The minimum atomic E-state index is 0.498. The van der Waals surface area contributed by atoms with Gasteiger partial charge >= 0.3 is 0 Å². The molecule has 19 heavy (non-hydrogen) atoms. The second-order valence-corrected chi connectivity index (χ2v) is 5.72. The van der Waals surface area contributed by atoms with E-state index in [1.165, 1.54) is 12.1 Å². The zero-order valence-corrected chi connectivity index (χ0v) is 12.7. The maximum Gasteiger partial charge on any atom is 0.0471 e. The Bertz CT molecular complexity index is 422. The molecule has 0 spiro atoms. The first kappa shape index (κ1) is 14.6. The van der Waals surface area contributed by atoms with Crippen LogP contribution in [0.5, 0.6) is 0 Å². The summed E-state index contributed by atoms with van der Waals surface area (Å²) in [5, 5.41) is 0.785. The molecule has 0 radical (unpaired) electrons. The molecule has 0 saturated carbocycles. The molecule has 0 bridgehead atoms. The normalized spacial score (nSPS) is 21.5. The first-order valence-electron chi connectivity index (χ1n) is 7.10. The van der Waals surface area contributed by atoms with Gasteiger partial charge in [0, 0.05) is 41.9 Å². The van der Waals surface area contributed by atoms with Gasteiger partial charge in [0.1, 0.15) is 0 Å². The first-order chi connectivity index (χ1) is 9.17. The fourth-order valence-electron chi connectivity index (χ4n) is 2.93. The molecule has 1 unspecified atom stereocenters. The Labute approximate surface area is 121 Å². The summed E-state index contributed by atoms with van der Waals surface area (Å²) in [5.41, 5.74) is 8.19. The molecular weight excluding hydrogens is 258 g/mol. The van der Waals surface area contributed by atoms with Crippen molar-refractivity contribution >= 4 is 17.3 Å². The third-order valence-electron chi connectivity index (χ3n) is 3.98. The minimum absolute atomic E-state index is 0.498. The quantitative estimate of drug-likeness (QED) is 0.925. The monoisotopic (exact) mass is 281 g/mol. The van der Waals surface area contributed by atoms with Gasteiger partial charge in [0.15, 0.2) is 0 Å². The molecule has 1 heterocycles. The molecule has 1 fully saturated rings. The number of anilines is 1. The van der Waals surface area contributed by atoms with Crippen LogP contribution in [0.2, 0.25) is 5.02 Å². The van der Waals surface area contributed by atoms with Crippen LogP contribution in [0, 0.1) is 0 Å². The molecule has 106 valence electrons. The van der Waals surface area contributed by atoms with Gasteiger partial charge in [-0.1, -0.05) is 24.6 Å². The largest absolute Gasteiger partial charge is 0.367 e. The van der Waals surface area contributed by atoms with E-state index in [0.717, 1.165) is 36.6 Å². The van der Waals surface area contributed by atoms with E-state index in [4.69, 9.17) is 17.3 Å². The molecule has 1 aliphatic heterocycles. The predicted molar refractivity (Wildman–Crippen MR) is 82.9 cm³/mol. The zero-order valence-electron chi connectivity index (χ0n) is 11.9. The highest BCUT2D eigenvalue weighted by Gasteiger charge is 2.24. The molecule has 2 N–H and O–H groups in total. The van der Waals surface area contributed by atoms with Crippen molar-refractivity contribution in [1.29, 1.82) is 0 Å². The van der Waals surface area contributed by atoms with Crippen LogP contribution < -0.4 is 10.6 Å². The molecule has 0 aromatic heterocycles. The van der Waals surface area contributed by atoms with E-state index < -0.39 is 0 Å². The highest BCUT2D eigenvalue weighted by atomic mass is 35.5. The number of hydrogen-bond acceptors (Lipinski definition) is 3. The van der Waals surface area contributed by atoms with Crippen LogP contribution in [0.4, 0.5) is 5.69 Å². The number of nitrogens with two attached hydrogens (primary N) is 1. The Morgan fingerprint density at radius 3 is 2.84 bits per heavy atom. The lowest BCUT2D eigenvalue weighted by Crippen LogP contribution is -2.40. The summed E-state index contributed by atoms with van der Waals surface area (Å²) in [6.45, 7) is 6.09. The highest BCUT2D eigenvalue weighted by Crippen LogP contribution is 2.30. The van der Waals surface area contributed by atoms with Crippen molar-refractivity contribution < 1.29 is 0 Å². The van der Waals surface area contributed by atoms with Crippen LogP contribution >= 0.6 is 11.6 Å². The molecule has 1 aliphatic rings. The highest BCUT2D eigenvalue weighted by molar-refractivity contribution is 6.31. The SMILES string of the molecule is CCC1CN(C)CCCN1c1cccc(Cl)c1CN. The molecule has 1 aromatic carbocycles. The van der Waals surface area contributed by atoms with Crippen molar-refractivity contribution in [1.82, 2.24) is 4.90 Å². The summed E-state index contributed by atoms with van der Waals surface area (Å²) < 4.78 is 0.